The van der Waals surface area contributed by atoms with Crippen molar-refractivity contribution in [3.63, 3.8) is 0 Å². The lowest BCUT2D eigenvalue weighted by molar-refractivity contribution is 0.307. The molecule has 0 spiro atoms. The highest BCUT2D eigenvalue weighted by Crippen LogP contribution is 2.22. The van der Waals surface area contributed by atoms with Crippen molar-refractivity contribution in [2.75, 3.05) is 0 Å². The normalized spacial score (nSPS) is 10.9. The number of rotatable bonds is 4. The SMILES string of the molecule is Cc1nc(-c2ccc(OCc3cccc4cccnc34)cc2)no1. The van der Waals surface area contributed by atoms with Crippen molar-refractivity contribution in [3.05, 3.63) is 72.2 Å². The first kappa shape index (κ1) is 14.4. The van der Waals surface area contributed by atoms with Crippen LogP contribution in [0.4, 0.5) is 0 Å². The standard InChI is InChI=1S/C19H15N3O2/c1-13-21-19(22-24-13)15-7-9-17(10-8-15)23-12-16-5-2-4-14-6-3-11-20-18(14)16/h2-11H,12H2,1H3. The van der Waals surface area contributed by atoms with Crippen LogP contribution in [-0.2, 0) is 6.61 Å². The van der Waals surface area contributed by atoms with Gasteiger partial charge >= 0.3 is 0 Å². The Morgan fingerprint density at radius 1 is 1.00 bits per heavy atom. The molecule has 5 nitrogen and oxygen atoms in total. The molecule has 0 aliphatic rings. The van der Waals surface area contributed by atoms with Gasteiger partial charge in [-0.25, -0.2) is 0 Å². The van der Waals surface area contributed by atoms with Gasteiger partial charge in [0.1, 0.15) is 12.4 Å². The number of benzene rings is 2. The van der Waals surface area contributed by atoms with Crippen molar-refractivity contribution in [1.29, 1.82) is 0 Å². The molecule has 24 heavy (non-hydrogen) atoms. The Labute approximate surface area is 138 Å². The van der Waals surface area contributed by atoms with E-state index in [-0.39, 0.29) is 0 Å². The number of pyridine rings is 1. The van der Waals surface area contributed by atoms with Crippen LogP contribution in [0.5, 0.6) is 5.75 Å². The van der Waals surface area contributed by atoms with Gasteiger partial charge in [0.05, 0.1) is 5.52 Å². The lowest BCUT2D eigenvalue weighted by atomic mass is 10.1. The summed E-state index contributed by atoms with van der Waals surface area (Å²) in [6.45, 7) is 2.24. The molecule has 0 aliphatic carbocycles. The first-order chi connectivity index (χ1) is 11.8. The number of aryl methyl sites for hydroxylation is 1. The van der Waals surface area contributed by atoms with Crippen LogP contribution in [0.1, 0.15) is 11.5 Å². The zero-order valence-corrected chi connectivity index (χ0v) is 13.1. The Morgan fingerprint density at radius 3 is 2.62 bits per heavy atom. The van der Waals surface area contributed by atoms with Gasteiger partial charge in [-0.2, -0.15) is 4.98 Å². The van der Waals surface area contributed by atoms with Crippen molar-refractivity contribution in [2.45, 2.75) is 13.5 Å². The second-order valence-corrected chi connectivity index (χ2v) is 5.44. The maximum atomic E-state index is 5.89. The highest BCUT2D eigenvalue weighted by molar-refractivity contribution is 5.81. The molecule has 2 aromatic heterocycles. The maximum Gasteiger partial charge on any atom is 0.223 e. The minimum Gasteiger partial charge on any atom is -0.489 e. The van der Waals surface area contributed by atoms with E-state index in [1.807, 2.05) is 54.6 Å². The molecule has 0 unspecified atom stereocenters. The number of nitrogens with zero attached hydrogens (tertiary/aromatic N) is 3. The first-order valence-corrected chi connectivity index (χ1v) is 7.66. The van der Waals surface area contributed by atoms with E-state index in [1.165, 1.54) is 0 Å². The molecule has 4 rings (SSSR count). The Morgan fingerprint density at radius 2 is 1.83 bits per heavy atom. The third-order valence-electron chi connectivity index (χ3n) is 3.75. The number of hydrogen-bond donors (Lipinski definition) is 0. The Kier molecular flexibility index (Phi) is 3.67. The molecule has 4 aromatic rings. The maximum absolute atomic E-state index is 5.89. The monoisotopic (exact) mass is 317 g/mol. The Hall–Kier alpha value is -3.21. The fourth-order valence-electron chi connectivity index (χ4n) is 2.56. The summed E-state index contributed by atoms with van der Waals surface area (Å²) in [5, 5.41) is 5.02. The third kappa shape index (κ3) is 2.84. The summed E-state index contributed by atoms with van der Waals surface area (Å²) in [5.74, 6) is 1.91. The van der Waals surface area contributed by atoms with Crippen LogP contribution >= 0.6 is 0 Å². The molecule has 5 heteroatoms. The quantitative estimate of drug-likeness (QED) is 0.565. The molecule has 2 heterocycles. The molecule has 0 N–H and O–H groups in total. The molecule has 0 saturated carbocycles. The second-order valence-electron chi connectivity index (χ2n) is 5.44. The summed E-state index contributed by atoms with van der Waals surface area (Å²) in [6.07, 6.45) is 1.80. The molecule has 0 radical (unpaired) electrons. The zero-order valence-electron chi connectivity index (χ0n) is 13.1. The smallest absolute Gasteiger partial charge is 0.223 e. The van der Waals surface area contributed by atoms with E-state index < -0.39 is 0 Å². The summed E-state index contributed by atoms with van der Waals surface area (Å²) in [5.41, 5.74) is 2.93. The van der Waals surface area contributed by atoms with Crippen molar-refractivity contribution < 1.29 is 9.26 Å². The van der Waals surface area contributed by atoms with Crippen molar-refractivity contribution in [2.24, 2.45) is 0 Å². The predicted octanol–water partition coefficient (Wildman–Crippen LogP) is 4.17. The van der Waals surface area contributed by atoms with Crippen molar-refractivity contribution >= 4 is 10.9 Å². The molecule has 0 bridgehead atoms. The van der Waals surface area contributed by atoms with Gasteiger partial charge in [-0.3, -0.25) is 4.98 Å². The van der Waals surface area contributed by atoms with Crippen LogP contribution in [0.2, 0.25) is 0 Å². The fourth-order valence-corrected chi connectivity index (χ4v) is 2.56. The van der Waals surface area contributed by atoms with Crippen LogP contribution < -0.4 is 4.74 Å². The average molecular weight is 317 g/mol. The number of hydrogen-bond acceptors (Lipinski definition) is 5. The number of aromatic nitrogens is 3. The second kappa shape index (κ2) is 6.12. The molecule has 0 fully saturated rings. The van der Waals surface area contributed by atoms with Gasteiger partial charge in [-0.05, 0) is 30.3 Å². The van der Waals surface area contributed by atoms with Gasteiger partial charge in [-0.15, -0.1) is 0 Å². The van der Waals surface area contributed by atoms with Crippen molar-refractivity contribution in [3.8, 4) is 17.1 Å². The summed E-state index contributed by atoms with van der Waals surface area (Å²) in [4.78, 5) is 8.65. The van der Waals surface area contributed by atoms with Crippen LogP contribution in [-0.4, -0.2) is 15.1 Å². The van der Waals surface area contributed by atoms with Crippen LogP contribution in [0, 0.1) is 6.92 Å². The van der Waals surface area contributed by atoms with Crippen LogP contribution in [0.3, 0.4) is 0 Å². The lowest BCUT2D eigenvalue weighted by Gasteiger charge is -2.08. The number of fused-ring (bicyclic) bond motifs is 1. The topological polar surface area (TPSA) is 61.0 Å². The first-order valence-electron chi connectivity index (χ1n) is 7.66. The van der Waals surface area contributed by atoms with Gasteiger partial charge in [0.2, 0.25) is 11.7 Å². The predicted molar refractivity (Wildman–Crippen MR) is 90.5 cm³/mol. The van der Waals surface area contributed by atoms with E-state index in [9.17, 15) is 0 Å². The van der Waals surface area contributed by atoms with Gasteiger partial charge in [-0.1, -0.05) is 29.4 Å². The molecule has 0 saturated heterocycles. The van der Waals surface area contributed by atoms with Gasteiger partial charge < -0.3 is 9.26 Å². The van der Waals surface area contributed by atoms with Gasteiger partial charge in [0.25, 0.3) is 0 Å². The molecule has 0 amide bonds. The average Bonchev–Trinajstić information content (AvgIpc) is 3.07. The summed E-state index contributed by atoms with van der Waals surface area (Å²) in [6, 6.07) is 17.7. The highest BCUT2D eigenvalue weighted by atomic mass is 16.5. The number of para-hydroxylation sites is 1. The molecular weight excluding hydrogens is 302 g/mol. The number of ether oxygens (including phenoxy) is 1. The molecule has 2 aromatic carbocycles. The minimum atomic E-state index is 0.467. The minimum absolute atomic E-state index is 0.467. The van der Waals surface area contributed by atoms with E-state index in [0.717, 1.165) is 27.8 Å². The lowest BCUT2D eigenvalue weighted by Crippen LogP contribution is -1.97. The van der Waals surface area contributed by atoms with Crippen LogP contribution in [0.25, 0.3) is 22.3 Å². The summed E-state index contributed by atoms with van der Waals surface area (Å²) in [7, 11) is 0. The van der Waals surface area contributed by atoms with Crippen molar-refractivity contribution in [1.82, 2.24) is 15.1 Å². The molecule has 0 atom stereocenters. The van der Waals surface area contributed by atoms with Crippen LogP contribution in [0.15, 0.2) is 65.3 Å². The van der Waals surface area contributed by atoms with Gasteiger partial charge in [0.15, 0.2) is 0 Å². The third-order valence-corrected chi connectivity index (χ3v) is 3.75. The largest absolute Gasteiger partial charge is 0.489 e. The van der Waals surface area contributed by atoms with E-state index in [0.29, 0.717) is 18.3 Å². The fraction of sp³-hybridized carbons (Fsp3) is 0.105. The zero-order chi connectivity index (χ0) is 16.4. The summed E-state index contributed by atoms with van der Waals surface area (Å²) >= 11 is 0. The summed E-state index contributed by atoms with van der Waals surface area (Å²) < 4.78 is 10.9. The van der Waals surface area contributed by atoms with E-state index in [2.05, 4.69) is 15.1 Å². The van der Waals surface area contributed by atoms with E-state index in [1.54, 1.807) is 13.1 Å². The molecular formula is C19H15N3O2. The Bertz CT molecular complexity index is 972. The highest BCUT2D eigenvalue weighted by Gasteiger charge is 2.06. The molecule has 0 aliphatic heterocycles. The van der Waals surface area contributed by atoms with E-state index >= 15 is 0 Å². The molecule has 118 valence electrons. The van der Waals surface area contributed by atoms with Gasteiger partial charge in [0, 0.05) is 29.6 Å². The Balaban J connectivity index is 1.51. The van der Waals surface area contributed by atoms with E-state index in [4.69, 9.17) is 9.26 Å².